The van der Waals surface area contributed by atoms with E-state index < -0.39 is 0 Å². The van der Waals surface area contributed by atoms with Gasteiger partial charge in [-0.15, -0.1) is 0 Å². The lowest BCUT2D eigenvalue weighted by Gasteiger charge is -2.26. The van der Waals surface area contributed by atoms with Gasteiger partial charge in [0, 0.05) is 30.9 Å². The summed E-state index contributed by atoms with van der Waals surface area (Å²) < 4.78 is 0. The fraction of sp³-hybridized carbons (Fsp3) is 0.600. The van der Waals surface area contributed by atoms with E-state index in [9.17, 15) is 0 Å². The van der Waals surface area contributed by atoms with Gasteiger partial charge in [0.15, 0.2) is 0 Å². The monoisotopic (exact) mass is 194 g/mol. The molecule has 0 saturated carbocycles. The first kappa shape index (κ1) is 10.9. The van der Waals surface area contributed by atoms with Crippen molar-refractivity contribution in [1.29, 1.82) is 0 Å². The zero-order chi connectivity index (χ0) is 10.7. The third-order valence-corrected chi connectivity index (χ3v) is 2.65. The Bertz CT molecular complexity index is 311. The van der Waals surface area contributed by atoms with Gasteiger partial charge in [-0.05, 0) is 20.8 Å². The standard InChI is InChI=1S/C10H18N4/c1-7(5-11)14(4)10-8(2)9(3)12-6-13-10/h6-7H,5,11H2,1-4H3. The highest BCUT2D eigenvalue weighted by atomic mass is 15.2. The molecular weight excluding hydrogens is 176 g/mol. The molecule has 0 aliphatic heterocycles. The summed E-state index contributed by atoms with van der Waals surface area (Å²) in [6, 6.07) is 0.294. The summed E-state index contributed by atoms with van der Waals surface area (Å²) in [4.78, 5) is 10.5. The zero-order valence-corrected chi connectivity index (χ0v) is 9.28. The molecule has 1 unspecified atom stereocenters. The molecule has 4 nitrogen and oxygen atoms in total. The van der Waals surface area contributed by atoms with Gasteiger partial charge in [-0.25, -0.2) is 9.97 Å². The minimum Gasteiger partial charge on any atom is -0.355 e. The van der Waals surface area contributed by atoms with Crippen LogP contribution in [0, 0.1) is 13.8 Å². The lowest BCUT2D eigenvalue weighted by atomic mass is 10.2. The molecule has 0 saturated heterocycles. The van der Waals surface area contributed by atoms with Crippen LogP contribution in [0.15, 0.2) is 6.33 Å². The van der Waals surface area contributed by atoms with Crippen LogP contribution in [0.25, 0.3) is 0 Å². The van der Waals surface area contributed by atoms with Crippen LogP contribution in [-0.2, 0) is 0 Å². The van der Waals surface area contributed by atoms with Crippen LogP contribution in [0.1, 0.15) is 18.2 Å². The van der Waals surface area contributed by atoms with Crippen molar-refractivity contribution in [2.24, 2.45) is 5.73 Å². The summed E-state index contributed by atoms with van der Waals surface area (Å²) >= 11 is 0. The van der Waals surface area contributed by atoms with Crippen molar-refractivity contribution >= 4 is 5.82 Å². The van der Waals surface area contributed by atoms with Gasteiger partial charge in [0.2, 0.25) is 0 Å². The minimum atomic E-state index is 0.294. The Hall–Kier alpha value is -1.16. The van der Waals surface area contributed by atoms with Gasteiger partial charge in [0.05, 0.1) is 0 Å². The number of aromatic nitrogens is 2. The van der Waals surface area contributed by atoms with Gasteiger partial charge in [-0.3, -0.25) is 0 Å². The van der Waals surface area contributed by atoms with Crippen molar-refractivity contribution in [3.63, 3.8) is 0 Å². The molecule has 0 radical (unpaired) electrons. The number of nitrogens with two attached hydrogens (primary N) is 1. The first-order valence-electron chi connectivity index (χ1n) is 4.79. The maximum Gasteiger partial charge on any atom is 0.135 e. The Morgan fingerprint density at radius 1 is 1.43 bits per heavy atom. The first-order valence-corrected chi connectivity index (χ1v) is 4.79. The lowest BCUT2D eigenvalue weighted by molar-refractivity contribution is 0.683. The third kappa shape index (κ3) is 2.01. The van der Waals surface area contributed by atoms with E-state index in [1.54, 1.807) is 6.33 Å². The second-order valence-corrected chi connectivity index (χ2v) is 3.60. The van der Waals surface area contributed by atoms with Crippen LogP contribution >= 0.6 is 0 Å². The Kier molecular flexibility index (Phi) is 3.41. The number of anilines is 1. The van der Waals surface area contributed by atoms with Crippen LogP contribution in [-0.4, -0.2) is 29.6 Å². The normalized spacial score (nSPS) is 12.6. The summed E-state index contributed by atoms with van der Waals surface area (Å²) in [7, 11) is 2.01. The van der Waals surface area contributed by atoms with E-state index in [0.29, 0.717) is 12.6 Å². The summed E-state index contributed by atoms with van der Waals surface area (Å²) in [6.07, 6.45) is 1.59. The summed E-state index contributed by atoms with van der Waals surface area (Å²) in [6.45, 7) is 6.72. The maximum absolute atomic E-state index is 5.61. The van der Waals surface area contributed by atoms with E-state index >= 15 is 0 Å². The molecule has 0 amide bonds. The Morgan fingerprint density at radius 3 is 2.64 bits per heavy atom. The van der Waals surface area contributed by atoms with E-state index in [2.05, 4.69) is 21.8 Å². The van der Waals surface area contributed by atoms with Crippen LogP contribution < -0.4 is 10.6 Å². The molecule has 0 spiro atoms. The molecule has 0 aliphatic carbocycles. The second-order valence-electron chi connectivity index (χ2n) is 3.60. The second kappa shape index (κ2) is 4.37. The molecule has 14 heavy (non-hydrogen) atoms. The fourth-order valence-electron chi connectivity index (χ4n) is 1.25. The smallest absolute Gasteiger partial charge is 0.135 e. The molecule has 1 rings (SSSR count). The minimum absolute atomic E-state index is 0.294. The first-order chi connectivity index (χ1) is 6.57. The van der Waals surface area contributed by atoms with Crippen LogP contribution in [0.4, 0.5) is 5.82 Å². The molecule has 0 bridgehead atoms. The molecule has 1 aromatic heterocycles. The number of hydrogen-bond acceptors (Lipinski definition) is 4. The average Bonchev–Trinajstić information content (AvgIpc) is 2.20. The number of likely N-dealkylation sites (N-methyl/N-ethyl adjacent to an activating group) is 1. The molecule has 1 heterocycles. The largest absolute Gasteiger partial charge is 0.355 e. The van der Waals surface area contributed by atoms with Crippen molar-refractivity contribution < 1.29 is 0 Å². The highest BCUT2D eigenvalue weighted by Crippen LogP contribution is 2.18. The van der Waals surface area contributed by atoms with E-state index in [-0.39, 0.29) is 0 Å². The molecule has 1 aromatic rings. The summed E-state index contributed by atoms with van der Waals surface area (Å²) in [5.74, 6) is 0.968. The predicted molar refractivity (Wildman–Crippen MR) is 58.4 cm³/mol. The molecule has 2 N–H and O–H groups in total. The van der Waals surface area contributed by atoms with Crippen molar-refractivity contribution in [2.45, 2.75) is 26.8 Å². The quantitative estimate of drug-likeness (QED) is 0.776. The van der Waals surface area contributed by atoms with E-state index in [0.717, 1.165) is 17.1 Å². The van der Waals surface area contributed by atoms with Crippen molar-refractivity contribution in [2.75, 3.05) is 18.5 Å². The number of nitrogens with zero attached hydrogens (tertiary/aromatic N) is 3. The highest BCUT2D eigenvalue weighted by molar-refractivity contribution is 5.47. The van der Waals surface area contributed by atoms with Crippen molar-refractivity contribution in [1.82, 2.24) is 9.97 Å². The molecule has 0 aliphatic rings. The topological polar surface area (TPSA) is 55.0 Å². The maximum atomic E-state index is 5.61. The summed E-state index contributed by atoms with van der Waals surface area (Å²) in [5, 5.41) is 0. The van der Waals surface area contributed by atoms with Gasteiger partial charge in [0.1, 0.15) is 12.1 Å². The van der Waals surface area contributed by atoms with Gasteiger partial charge in [-0.2, -0.15) is 0 Å². The van der Waals surface area contributed by atoms with Crippen molar-refractivity contribution in [3.8, 4) is 0 Å². The number of hydrogen-bond donors (Lipinski definition) is 1. The molecular formula is C10H18N4. The lowest BCUT2D eigenvalue weighted by Crippen LogP contribution is -2.36. The van der Waals surface area contributed by atoms with Gasteiger partial charge in [-0.1, -0.05) is 0 Å². The highest BCUT2D eigenvalue weighted by Gasteiger charge is 2.12. The molecule has 0 aromatic carbocycles. The Balaban J connectivity index is 3.01. The SMILES string of the molecule is Cc1ncnc(N(C)C(C)CN)c1C. The molecule has 4 heteroatoms. The fourth-order valence-corrected chi connectivity index (χ4v) is 1.25. The number of rotatable bonds is 3. The van der Waals surface area contributed by atoms with Crippen LogP contribution in [0.5, 0.6) is 0 Å². The van der Waals surface area contributed by atoms with Gasteiger partial charge in [0.25, 0.3) is 0 Å². The third-order valence-electron chi connectivity index (χ3n) is 2.65. The predicted octanol–water partition coefficient (Wildman–Crippen LogP) is 0.877. The molecule has 0 fully saturated rings. The molecule has 78 valence electrons. The number of aryl methyl sites for hydroxylation is 1. The average molecular weight is 194 g/mol. The zero-order valence-electron chi connectivity index (χ0n) is 9.28. The summed E-state index contributed by atoms with van der Waals surface area (Å²) in [5.41, 5.74) is 7.75. The van der Waals surface area contributed by atoms with Crippen molar-refractivity contribution in [3.05, 3.63) is 17.6 Å². The van der Waals surface area contributed by atoms with Crippen LogP contribution in [0.2, 0.25) is 0 Å². The molecule has 1 atom stereocenters. The van der Waals surface area contributed by atoms with Gasteiger partial charge >= 0.3 is 0 Å². The van der Waals surface area contributed by atoms with E-state index in [1.807, 2.05) is 20.9 Å². The Morgan fingerprint density at radius 2 is 2.07 bits per heavy atom. The van der Waals surface area contributed by atoms with Gasteiger partial charge < -0.3 is 10.6 Å². The van der Waals surface area contributed by atoms with E-state index in [1.165, 1.54) is 0 Å². The Labute approximate surface area is 85.2 Å². The van der Waals surface area contributed by atoms with Crippen LogP contribution in [0.3, 0.4) is 0 Å². The van der Waals surface area contributed by atoms with E-state index in [4.69, 9.17) is 5.73 Å².